The molecular formula is C25H25N3O4S. The van der Waals surface area contributed by atoms with Gasteiger partial charge in [-0.1, -0.05) is 42.5 Å². The number of anilines is 1. The normalized spacial score (nSPS) is 11.0. The fourth-order valence-electron chi connectivity index (χ4n) is 3.47. The van der Waals surface area contributed by atoms with Crippen LogP contribution in [0.1, 0.15) is 35.5 Å². The highest BCUT2D eigenvalue weighted by Gasteiger charge is 2.21. The van der Waals surface area contributed by atoms with E-state index in [1.165, 1.54) is 18.3 Å². The van der Waals surface area contributed by atoms with E-state index in [4.69, 9.17) is 9.15 Å². The summed E-state index contributed by atoms with van der Waals surface area (Å²) in [4.78, 5) is 28.5. The van der Waals surface area contributed by atoms with Gasteiger partial charge in [0.15, 0.2) is 10.9 Å². The summed E-state index contributed by atoms with van der Waals surface area (Å²) in [6, 6.07) is 15.6. The van der Waals surface area contributed by atoms with Gasteiger partial charge in [0, 0.05) is 42.0 Å². The van der Waals surface area contributed by atoms with E-state index < -0.39 is 0 Å². The maximum atomic E-state index is 13.0. The van der Waals surface area contributed by atoms with Crippen molar-refractivity contribution >= 4 is 39.3 Å². The molecule has 8 heteroatoms. The van der Waals surface area contributed by atoms with Gasteiger partial charge in [0.25, 0.3) is 5.91 Å². The second kappa shape index (κ2) is 10.4. The fraction of sp³-hybridized carbons (Fsp3) is 0.240. The van der Waals surface area contributed by atoms with Crippen molar-refractivity contribution < 1.29 is 18.7 Å². The van der Waals surface area contributed by atoms with Crippen LogP contribution in [-0.4, -0.2) is 29.9 Å². The SMILES string of the molecule is CCOCc1c(C(=O)Nc2nc(-c3ccc(CCNC(C)=O)cc3)cs2)oc2ccccc12. The van der Waals surface area contributed by atoms with E-state index >= 15 is 0 Å². The second-order valence-corrected chi connectivity index (χ2v) is 8.32. The van der Waals surface area contributed by atoms with Crippen molar-refractivity contribution in [1.82, 2.24) is 10.3 Å². The summed E-state index contributed by atoms with van der Waals surface area (Å²) >= 11 is 1.36. The number of fused-ring (bicyclic) bond motifs is 1. The number of carbonyl (C=O) groups is 2. The number of aromatic nitrogens is 1. The Labute approximate surface area is 195 Å². The molecule has 4 rings (SSSR count). The second-order valence-electron chi connectivity index (χ2n) is 7.46. The Bertz CT molecular complexity index is 1260. The van der Waals surface area contributed by atoms with Gasteiger partial charge in [-0.25, -0.2) is 4.98 Å². The van der Waals surface area contributed by atoms with Crippen molar-refractivity contribution in [3.05, 3.63) is 70.8 Å². The first-order valence-electron chi connectivity index (χ1n) is 10.7. The van der Waals surface area contributed by atoms with E-state index in [9.17, 15) is 9.59 Å². The molecule has 0 aliphatic rings. The highest BCUT2D eigenvalue weighted by molar-refractivity contribution is 7.14. The fourth-order valence-corrected chi connectivity index (χ4v) is 4.19. The highest BCUT2D eigenvalue weighted by Crippen LogP contribution is 2.29. The molecule has 33 heavy (non-hydrogen) atoms. The lowest BCUT2D eigenvalue weighted by atomic mass is 10.1. The molecule has 0 radical (unpaired) electrons. The largest absolute Gasteiger partial charge is 0.451 e. The van der Waals surface area contributed by atoms with Crippen LogP contribution in [0.2, 0.25) is 0 Å². The van der Waals surface area contributed by atoms with Gasteiger partial charge in [0.1, 0.15) is 5.58 Å². The molecule has 0 aliphatic carbocycles. The Morgan fingerprint density at radius 1 is 1.12 bits per heavy atom. The molecule has 0 spiro atoms. The first-order valence-corrected chi connectivity index (χ1v) is 11.6. The molecule has 7 nitrogen and oxygen atoms in total. The van der Waals surface area contributed by atoms with Crippen molar-refractivity contribution in [2.45, 2.75) is 26.9 Å². The number of carbonyl (C=O) groups excluding carboxylic acids is 2. The number of hydrogen-bond donors (Lipinski definition) is 2. The molecule has 0 unspecified atom stereocenters. The lowest BCUT2D eigenvalue weighted by Gasteiger charge is -2.04. The predicted octanol–water partition coefficient (Wildman–Crippen LogP) is 5.02. The lowest BCUT2D eigenvalue weighted by Crippen LogP contribution is -2.22. The summed E-state index contributed by atoms with van der Waals surface area (Å²) < 4.78 is 11.4. The Balaban J connectivity index is 1.46. The average Bonchev–Trinajstić information content (AvgIpc) is 3.42. The zero-order chi connectivity index (χ0) is 23.2. The zero-order valence-electron chi connectivity index (χ0n) is 18.5. The monoisotopic (exact) mass is 463 g/mol. The van der Waals surface area contributed by atoms with Gasteiger partial charge in [-0.2, -0.15) is 0 Å². The Morgan fingerprint density at radius 2 is 1.91 bits per heavy atom. The smallest absolute Gasteiger partial charge is 0.293 e. The maximum Gasteiger partial charge on any atom is 0.293 e. The van der Waals surface area contributed by atoms with E-state index in [0.29, 0.717) is 30.5 Å². The number of nitrogens with one attached hydrogen (secondary N) is 2. The van der Waals surface area contributed by atoms with Crippen molar-refractivity contribution in [3.63, 3.8) is 0 Å². The van der Waals surface area contributed by atoms with E-state index in [1.807, 2.05) is 60.8 Å². The molecule has 0 aliphatic heterocycles. The summed E-state index contributed by atoms with van der Waals surface area (Å²) in [5, 5.41) is 8.92. The van der Waals surface area contributed by atoms with Crippen LogP contribution in [0.3, 0.4) is 0 Å². The van der Waals surface area contributed by atoms with Crippen LogP contribution in [0, 0.1) is 0 Å². The Kier molecular flexibility index (Phi) is 7.16. The third-order valence-corrected chi connectivity index (χ3v) is 5.87. The van der Waals surface area contributed by atoms with E-state index in [0.717, 1.165) is 34.2 Å². The number of benzene rings is 2. The quantitative estimate of drug-likeness (QED) is 0.363. The molecule has 0 bridgehead atoms. The molecule has 0 saturated carbocycles. The van der Waals surface area contributed by atoms with Gasteiger partial charge in [-0.3, -0.25) is 14.9 Å². The first kappa shape index (κ1) is 22.7. The van der Waals surface area contributed by atoms with Gasteiger partial charge < -0.3 is 14.5 Å². The number of furan rings is 1. The van der Waals surface area contributed by atoms with Crippen molar-refractivity contribution in [3.8, 4) is 11.3 Å². The molecule has 170 valence electrons. The Morgan fingerprint density at radius 3 is 2.67 bits per heavy atom. The number of ether oxygens (including phenoxy) is 1. The minimum Gasteiger partial charge on any atom is -0.451 e. The van der Waals surface area contributed by atoms with E-state index in [2.05, 4.69) is 15.6 Å². The van der Waals surface area contributed by atoms with Crippen LogP contribution in [0.5, 0.6) is 0 Å². The number of amides is 2. The van der Waals surface area contributed by atoms with Gasteiger partial charge in [-0.05, 0) is 25.0 Å². The summed E-state index contributed by atoms with van der Waals surface area (Å²) in [5.74, 6) is -0.142. The molecule has 0 saturated heterocycles. The molecule has 0 fully saturated rings. The summed E-state index contributed by atoms with van der Waals surface area (Å²) in [6.07, 6.45) is 0.764. The molecule has 4 aromatic rings. The third-order valence-electron chi connectivity index (χ3n) is 5.12. The topological polar surface area (TPSA) is 93.5 Å². The van der Waals surface area contributed by atoms with E-state index in [1.54, 1.807) is 0 Å². The van der Waals surface area contributed by atoms with Crippen LogP contribution in [-0.2, 0) is 22.6 Å². The molecule has 2 aromatic carbocycles. The first-order chi connectivity index (χ1) is 16.0. The molecule has 0 atom stereocenters. The predicted molar refractivity (Wildman–Crippen MR) is 129 cm³/mol. The standard InChI is InChI=1S/C25H25N3O4S/c1-3-31-14-20-19-6-4-5-7-22(19)32-23(20)24(30)28-25-27-21(15-33-25)18-10-8-17(9-11-18)12-13-26-16(2)29/h4-11,15H,3,12-14H2,1-2H3,(H,26,29)(H,27,28,30). The lowest BCUT2D eigenvalue weighted by molar-refractivity contribution is -0.118. The zero-order valence-corrected chi connectivity index (χ0v) is 19.3. The van der Waals surface area contributed by atoms with Crippen molar-refractivity contribution in [1.29, 1.82) is 0 Å². The van der Waals surface area contributed by atoms with Crippen LogP contribution in [0.4, 0.5) is 5.13 Å². The van der Waals surface area contributed by atoms with Gasteiger partial charge in [0.05, 0.1) is 12.3 Å². The van der Waals surface area contributed by atoms with Crippen LogP contribution in [0.15, 0.2) is 58.3 Å². The van der Waals surface area contributed by atoms with Crippen molar-refractivity contribution in [2.75, 3.05) is 18.5 Å². The third kappa shape index (κ3) is 5.47. The van der Waals surface area contributed by atoms with Gasteiger partial charge >= 0.3 is 0 Å². The average molecular weight is 464 g/mol. The number of para-hydroxylation sites is 1. The minimum atomic E-state index is -0.352. The number of rotatable bonds is 9. The van der Waals surface area contributed by atoms with E-state index in [-0.39, 0.29) is 17.6 Å². The van der Waals surface area contributed by atoms with Crippen LogP contribution >= 0.6 is 11.3 Å². The molecule has 2 amide bonds. The van der Waals surface area contributed by atoms with Gasteiger partial charge in [0.2, 0.25) is 5.91 Å². The van der Waals surface area contributed by atoms with Crippen LogP contribution in [0.25, 0.3) is 22.2 Å². The number of hydrogen-bond acceptors (Lipinski definition) is 6. The summed E-state index contributed by atoms with van der Waals surface area (Å²) in [5.41, 5.74) is 4.24. The Hall–Kier alpha value is -3.49. The number of nitrogens with zero attached hydrogens (tertiary/aromatic N) is 1. The van der Waals surface area contributed by atoms with Crippen molar-refractivity contribution in [2.24, 2.45) is 0 Å². The molecular weight excluding hydrogens is 438 g/mol. The summed E-state index contributed by atoms with van der Waals surface area (Å²) in [6.45, 7) is 4.87. The van der Waals surface area contributed by atoms with Crippen LogP contribution < -0.4 is 10.6 Å². The van der Waals surface area contributed by atoms with Gasteiger partial charge in [-0.15, -0.1) is 11.3 Å². The molecule has 2 aromatic heterocycles. The molecule has 2 heterocycles. The highest BCUT2D eigenvalue weighted by atomic mass is 32.1. The molecule has 2 N–H and O–H groups in total. The minimum absolute atomic E-state index is 0.0312. The maximum absolute atomic E-state index is 13.0. The summed E-state index contributed by atoms with van der Waals surface area (Å²) in [7, 11) is 0. The number of thiazole rings is 1.